The lowest BCUT2D eigenvalue weighted by Crippen LogP contribution is -2.06. The maximum atomic E-state index is 5.91. The first-order chi connectivity index (χ1) is 7.04. The van der Waals surface area contributed by atoms with E-state index in [9.17, 15) is 0 Å². The van der Waals surface area contributed by atoms with Crippen molar-refractivity contribution in [2.75, 3.05) is 21.2 Å². The smallest absolute Gasteiger partial charge is 0.141 e. The van der Waals surface area contributed by atoms with Crippen molar-refractivity contribution >= 4 is 35.2 Å². The first-order valence-corrected chi connectivity index (χ1v) is 5.04. The van der Waals surface area contributed by atoms with Crippen molar-refractivity contribution in [3.63, 3.8) is 0 Å². The minimum atomic E-state index is 0.406. The summed E-state index contributed by atoms with van der Waals surface area (Å²) < 4.78 is 5.07. The summed E-state index contributed by atoms with van der Waals surface area (Å²) >= 11 is 11.8. The number of methoxy groups -OCH3 is 1. The molecule has 0 aliphatic carbocycles. The first kappa shape index (κ1) is 12.1. The largest absolute Gasteiger partial charge is 0.495 e. The molecule has 1 rings (SSSR count). The van der Waals surface area contributed by atoms with Gasteiger partial charge < -0.3 is 9.64 Å². The van der Waals surface area contributed by atoms with Crippen LogP contribution in [0.15, 0.2) is 17.1 Å². The average molecular weight is 247 g/mol. The molecule has 0 N–H and O–H groups in total. The third-order valence-corrected chi connectivity index (χ3v) is 2.42. The molecule has 0 amide bonds. The van der Waals surface area contributed by atoms with Gasteiger partial charge in [-0.2, -0.15) is 0 Å². The zero-order valence-electron chi connectivity index (χ0n) is 8.79. The molecule has 0 saturated carbocycles. The summed E-state index contributed by atoms with van der Waals surface area (Å²) in [5.41, 5.74) is 0.704. The second-order valence-corrected chi connectivity index (χ2v) is 3.94. The van der Waals surface area contributed by atoms with E-state index in [2.05, 4.69) is 4.99 Å². The summed E-state index contributed by atoms with van der Waals surface area (Å²) in [4.78, 5) is 6.02. The van der Waals surface area contributed by atoms with Crippen LogP contribution in [0, 0.1) is 0 Å². The zero-order chi connectivity index (χ0) is 11.4. The van der Waals surface area contributed by atoms with Crippen molar-refractivity contribution in [3.8, 4) is 5.75 Å². The van der Waals surface area contributed by atoms with E-state index >= 15 is 0 Å². The van der Waals surface area contributed by atoms with Crippen LogP contribution in [0.4, 0.5) is 5.69 Å². The molecule has 0 radical (unpaired) electrons. The summed E-state index contributed by atoms with van der Waals surface area (Å²) in [6.45, 7) is 0. The van der Waals surface area contributed by atoms with E-state index in [1.807, 2.05) is 19.0 Å². The number of hydrogen-bond acceptors (Lipinski definition) is 2. The summed E-state index contributed by atoms with van der Waals surface area (Å²) in [5.74, 6) is 0.523. The molecular formula is C10H12Cl2N2O. The summed E-state index contributed by atoms with van der Waals surface area (Å²) in [7, 11) is 5.31. The van der Waals surface area contributed by atoms with E-state index in [0.29, 0.717) is 21.5 Å². The highest BCUT2D eigenvalue weighted by atomic mass is 35.5. The van der Waals surface area contributed by atoms with Crippen molar-refractivity contribution in [1.82, 2.24) is 4.90 Å². The summed E-state index contributed by atoms with van der Waals surface area (Å²) in [5, 5.41) is 0.838. The van der Waals surface area contributed by atoms with Gasteiger partial charge in [0.25, 0.3) is 0 Å². The van der Waals surface area contributed by atoms with Crippen molar-refractivity contribution in [1.29, 1.82) is 0 Å². The molecule has 0 saturated heterocycles. The SMILES string of the molecule is COc1cc(N=CN(C)C)cc(Cl)c1Cl. The number of hydrogen-bond donors (Lipinski definition) is 0. The van der Waals surface area contributed by atoms with Crippen LogP contribution < -0.4 is 4.74 Å². The van der Waals surface area contributed by atoms with Crippen LogP contribution in [-0.2, 0) is 0 Å². The third-order valence-electron chi connectivity index (χ3n) is 1.64. The van der Waals surface area contributed by atoms with Crippen LogP contribution in [-0.4, -0.2) is 32.4 Å². The van der Waals surface area contributed by atoms with Crippen LogP contribution >= 0.6 is 23.2 Å². The molecule has 0 fully saturated rings. The van der Waals surface area contributed by atoms with Gasteiger partial charge in [0, 0.05) is 20.2 Å². The van der Waals surface area contributed by atoms with E-state index in [-0.39, 0.29) is 0 Å². The molecule has 1 aromatic carbocycles. The Hall–Kier alpha value is -0.930. The van der Waals surface area contributed by atoms with E-state index in [1.165, 1.54) is 7.11 Å². The fraction of sp³-hybridized carbons (Fsp3) is 0.300. The fourth-order valence-corrected chi connectivity index (χ4v) is 1.35. The Morgan fingerprint density at radius 3 is 2.53 bits per heavy atom. The molecule has 3 nitrogen and oxygen atoms in total. The van der Waals surface area contributed by atoms with Crippen molar-refractivity contribution in [2.45, 2.75) is 0 Å². The number of benzene rings is 1. The van der Waals surface area contributed by atoms with Gasteiger partial charge in [-0.15, -0.1) is 0 Å². The predicted octanol–water partition coefficient (Wildman–Crippen LogP) is 3.22. The highest BCUT2D eigenvalue weighted by molar-refractivity contribution is 6.43. The Morgan fingerprint density at radius 1 is 1.33 bits per heavy atom. The Kier molecular flexibility index (Phi) is 4.24. The Balaban J connectivity index is 3.06. The van der Waals surface area contributed by atoms with E-state index in [1.54, 1.807) is 18.5 Å². The Labute approximate surface area is 99.3 Å². The van der Waals surface area contributed by atoms with Crippen LogP contribution in [0.2, 0.25) is 10.0 Å². The Bertz CT molecular complexity index is 378. The number of nitrogens with zero attached hydrogens (tertiary/aromatic N) is 2. The summed E-state index contributed by atoms with van der Waals surface area (Å²) in [6, 6.07) is 3.42. The minimum Gasteiger partial charge on any atom is -0.495 e. The molecule has 0 spiro atoms. The van der Waals surface area contributed by atoms with Crippen molar-refractivity contribution in [3.05, 3.63) is 22.2 Å². The second-order valence-electron chi connectivity index (χ2n) is 3.15. The quantitative estimate of drug-likeness (QED) is 0.605. The van der Waals surface area contributed by atoms with Crippen molar-refractivity contribution in [2.24, 2.45) is 4.99 Å². The van der Waals surface area contributed by atoms with Crippen LogP contribution in [0.3, 0.4) is 0 Å². The lowest BCUT2D eigenvalue weighted by Gasteiger charge is -2.07. The van der Waals surface area contributed by atoms with E-state index in [4.69, 9.17) is 27.9 Å². The first-order valence-electron chi connectivity index (χ1n) is 4.28. The van der Waals surface area contributed by atoms with Gasteiger partial charge >= 0.3 is 0 Å². The number of halogens is 2. The normalized spacial score (nSPS) is 10.7. The molecule has 0 aliphatic rings. The molecular weight excluding hydrogens is 235 g/mol. The lowest BCUT2D eigenvalue weighted by atomic mass is 10.3. The van der Waals surface area contributed by atoms with Crippen LogP contribution in [0.25, 0.3) is 0 Å². The summed E-state index contributed by atoms with van der Waals surface area (Å²) in [6.07, 6.45) is 1.68. The van der Waals surface area contributed by atoms with E-state index in [0.717, 1.165) is 0 Å². The monoisotopic (exact) mass is 246 g/mol. The van der Waals surface area contributed by atoms with Gasteiger partial charge in [-0.05, 0) is 6.07 Å². The van der Waals surface area contributed by atoms with Crippen molar-refractivity contribution < 1.29 is 4.74 Å². The minimum absolute atomic E-state index is 0.406. The molecule has 5 heteroatoms. The van der Waals surface area contributed by atoms with E-state index < -0.39 is 0 Å². The fourth-order valence-electron chi connectivity index (χ4n) is 0.955. The van der Waals surface area contributed by atoms with Gasteiger partial charge in [0.15, 0.2) is 0 Å². The zero-order valence-corrected chi connectivity index (χ0v) is 10.3. The Morgan fingerprint density at radius 2 is 2.00 bits per heavy atom. The van der Waals surface area contributed by atoms with Gasteiger partial charge in [0.05, 0.1) is 24.2 Å². The van der Waals surface area contributed by atoms with Crippen LogP contribution in [0.5, 0.6) is 5.75 Å². The predicted molar refractivity (Wildman–Crippen MR) is 64.9 cm³/mol. The number of rotatable bonds is 3. The second kappa shape index (κ2) is 5.24. The van der Waals surface area contributed by atoms with Gasteiger partial charge in [0.2, 0.25) is 0 Å². The van der Waals surface area contributed by atoms with Gasteiger partial charge in [-0.3, -0.25) is 0 Å². The number of ether oxygens (including phenoxy) is 1. The lowest BCUT2D eigenvalue weighted by molar-refractivity contribution is 0.415. The van der Waals surface area contributed by atoms with Gasteiger partial charge in [0.1, 0.15) is 10.8 Å². The number of aliphatic imine (C=N–C) groups is 1. The van der Waals surface area contributed by atoms with Gasteiger partial charge in [-0.25, -0.2) is 4.99 Å². The standard InChI is InChI=1S/C10H12Cl2N2O/c1-14(2)6-13-7-4-8(11)10(12)9(5-7)15-3/h4-6H,1-3H3. The highest BCUT2D eigenvalue weighted by Crippen LogP contribution is 2.35. The van der Waals surface area contributed by atoms with Crippen LogP contribution in [0.1, 0.15) is 0 Å². The molecule has 0 aromatic heterocycles. The molecule has 1 aromatic rings. The molecule has 0 bridgehead atoms. The molecule has 0 aliphatic heterocycles. The van der Waals surface area contributed by atoms with Gasteiger partial charge in [-0.1, -0.05) is 23.2 Å². The molecule has 82 valence electrons. The highest BCUT2D eigenvalue weighted by Gasteiger charge is 2.07. The molecule has 15 heavy (non-hydrogen) atoms. The molecule has 0 unspecified atom stereocenters. The molecule has 0 atom stereocenters. The maximum absolute atomic E-state index is 5.91. The maximum Gasteiger partial charge on any atom is 0.141 e. The third kappa shape index (κ3) is 3.29. The average Bonchev–Trinajstić information content (AvgIpc) is 2.19. The topological polar surface area (TPSA) is 24.8 Å². The molecule has 0 heterocycles.